The van der Waals surface area contributed by atoms with Crippen molar-refractivity contribution in [3.63, 3.8) is 0 Å². The molecule has 28 heteroatoms. The average molecular weight is 1680 g/mol. The number of carbonyl (C=O) groups is 6. The molecule has 0 aliphatic carbocycles. The minimum atomic E-state index is -4.88. The lowest BCUT2D eigenvalue weighted by Crippen LogP contribution is -2.48. The SMILES string of the molecule is CCCCC/C=C\CCCC(=O)OC(CCCCCCCCCCC)CC(=O)NC(COCCC(O)CCCCCCC)COP(=O)(O)OCCNC(=O)C1OC(C)(C)OC1C(=O)NCCOP(=O)(O)OCC(COCCC(O)CCCCCCC)NC(=O)CC(CCCCCCCCCCC)OC(=O)CCC/C=C\CCCCC. The van der Waals surface area contributed by atoms with Crippen LogP contribution in [0.15, 0.2) is 24.3 Å². The molecule has 1 heterocycles. The molecule has 0 aromatic heterocycles. The summed E-state index contributed by atoms with van der Waals surface area (Å²) in [6, 6.07) is -1.97. The van der Waals surface area contributed by atoms with Crippen LogP contribution in [0.1, 0.15) is 376 Å². The summed E-state index contributed by atoms with van der Waals surface area (Å²) in [6.45, 7) is 13.0. The maximum absolute atomic E-state index is 13.9. The van der Waals surface area contributed by atoms with E-state index in [-0.39, 0.29) is 77.1 Å². The molecular formula is C87H164N4O22P2. The molecule has 115 heavy (non-hydrogen) atoms. The molecule has 0 bridgehead atoms. The van der Waals surface area contributed by atoms with E-state index in [2.05, 4.69) is 87.1 Å². The van der Waals surface area contributed by atoms with Crippen LogP contribution in [-0.4, -0.2) is 176 Å². The second-order valence-corrected chi connectivity index (χ2v) is 34.7. The number of rotatable bonds is 82. The Morgan fingerprint density at radius 3 is 1.01 bits per heavy atom. The van der Waals surface area contributed by atoms with Gasteiger partial charge in [-0.15, -0.1) is 0 Å². The normalized spacial score (nSPS) is 16.9. The van der Waals surface area contributed by atoms with E-state index in [9.17, 15) is 57.9 Å². The number of aliphatic hydroxyl groups is 2. The largest absolute Gasteiger partial charge is 0.472 e. The first-order chi connectivity index (χ1) is 55.4. The van der Waals surface area contributed by atoms with Crippen LogP contribution >= 0.6 is 15.6 Å². The molecule has 4 amide bonds. The molecule has 1 saturated heterocycles. The van der Waals surface area contributed by atoms with Gasteiger partial charge in [0, 0.05) is 39.1 Å². The van der Waals surface area contributed by atoms with Crippen LogP contribution in [0.2, 0.25) is 0 Å². The highest BCUT2D eigenvalue weighted by Crippen LogP contribution is 2.44. The number of phosphoric ester groups is 2. The van der Waals surface area contributed by atoms with Gasteiger partial charge in [0.15, 0.2) is 18.0 Å². The van der Waals surface area contributed by atoms with Crippen LogP contribution in [0.25, 0.3) is 0 Å². The Kier molecular flexibility index (Phi) is 69.4. The van der Waals surface area contributed by atoms with Crippen LogP contribution in [0, 0.1) is 0 Å². The first-order valence-electron chi connectivity index (χ1n) is 45.4. The molecule has 10 unspecified atom stereocenters. The number of aliphatic hydroxyl groups excluding tert-OH is 2. The number of hydrogen-bond donors (Lipinski definition) is 8. The van der Waals surface area contributed by atoms with Crippen molar-refractivity contribution in [2.24, 2.45) is 0 Å². The number of amides is 4. The van der Waals surface area contributed by atoms with Crippen LogP contribution < -0.4 is 21.3 Å². The minimum Gasteiger partial charge on any atom is -0.462 e. The number of carbonyl (C=O) groups excluding carboxylic acids is 6. The third kappa shape index (κ3) is 65.7. The monoisotopic (exact) mass is 1680 g/mol. The summed E-state index contributed by atoms with van der Waals surface area (Å²) in [5.74, 6) is -4.89. The van der Waals surface area contributed by atoms with Gasteiger partial charge < -0.3 is 69.7 Å². The van der Waals surface area contributed by atoms with E-state index in [1.807, 2.05) is 0 Å². The molecular weight excluding hydrogens is 1510 g/mol. The molecule has 10 atom stereocenters. The van der Waals surface area contributed by atoms with Crippen LogP contribution in [0.5, 0.6) is 0 Å². The zero-order valence-electron chi connectivity index (χ0n) is 72.9. The van der Waals surface area contributed by atoms with Gasteiger partial charge in [0.2, 0.25) is 11.8 Å². The lowest BCUT2D eigenvalue weighted by Gasteiger charge is -2.23. The summed E-state index contributed by atoms with van der Waals surface area (Å²) >= 11 is 0. The molecule has 674 valence electrons. The summed E-state index contributed by atoms with van der Waals surface area (Å²) in [5, 5.41) is 32.1. The van der Waals surface area contributed by atoms with E-state index >= 15 is 0 Å². The van der Waals surface area contributed by atoms with Crippen molar-refractivity contribution in [1.29, 1.82) is 0 Å². The number of allylic oxidation sites excluding steroid dienone is 4. The first kappa shape index (κ1) is 109. The summed E-state index contributed by atoms with van der Waals surface area (Å²) in [5.41, 5.74) is 0. The maximum atomic E-state index is 13.9. The second-order valence-electron chi connectivity index (χ2n) is 31.8. The van der Waals surface area contributed by atoms with E-state index in [0.29, 0.717) is 51.4 Å². The summed E-state index contributed by atoms with van der Waals surface area (Å²) < 4.78 is 83.4. The Balaban J connectivity index is 3.10. The van der Waals surface area contributed by atoms with Crippen molar-refractivity contribution in [3.05, 3.63) is 24.3 Å². The molecule has 0 radical (unpaired) electrons. The number of nitrogens with one attached hydrogen (secondary N) is 4. The number of unbranched alkanes of at least 4 members (excludes halogenated alkanes) is 32. The van der Waals surface area contributed by atoms with Gasteiger partial charge in [0.1, 0.15) is 12.2 Å². The fourth-order valence-corrected chi connectivity index (χ4v) is 14.9. The Hall–Kier alpha value is -3.72. The number of esters is 2. The first-order valence-corrected chi connectivity index (χ1v) is 48.3. The van der Waals surface area contributed by atoms with Crippen molar-refractivity contribution in [2.45, 2.75) is 431 Å². The van der Waals surface area contributed by atoms with Crippen LogP contribution in [-0.2, 0) is 84.4 Å². The van der Waals surface area contributed by atoms with E-state index < -0.39 is 120 Å². The molecule has 1 aliphatic rings. The molecule has 26 nitrogen and oxygen atoms in total. The molecule has 1 fully saturated rings. The van der Waals surface area contributed by atoms with Crippen molar-refractivity contribution < 1.29 is 104 Å². The topological polar surface area (TPSA) is 358 Å². The number of ether oxygens (including phenoxy) is 6. The summed E-state index contributed by atoms with van der Waals surface area (Å²) in [6.07, 6.45) is 47.4. The highest BCUT2D eigenvalue weighted by atomic mass is 31.2. The predicted octanol–water partition coefficient (Wildman–Crippen LogP) is 18.3. The molecule has 0 saturated carbocycles. The maximum Gasteiger partial charge on any atom is 0.472 e. The van der Waals surface area contributed by atoms with Gasteiger partial charge in [0.05, 0.1) is 76.8 Å². The fraction of sp³-hybridized carbons (Fsp3) is 0.885. The van der Waals surface area contributed by atoms with Gasteiger partial charge >= 0.3 is 27.6 Å². The van der Waals surface area contributed by atoms with Crippen molar-refractivity contribution >= 4 is 51.2 Å². The third-order valence-electron chi connectivity index (χ3n) is 20.1. The zero-order valence-corrected chi connectivity index (χ0v) is 74.7. The van der Waals surface area contributed by atoms with Gasteiger partial charge in [0.25, 0.3) is 11.8 Å². The van der Waals surface area contributed by atoms with E-state index in [0.717, 1.165) is 180 Å². The Labute approximate surface area is 694 Å². The Bertz CT molecular complexity index is 2420. The van der Waals surface area contributed by atoms with Gasteiger partial charge in [-0.25, -0.2) is 9.13 Å². The second kappa shape index (κ2) is 73.0. The van der Waals surface area contributed by atoms with Crippen LogP contribution in [0.4, 0.5) is 0 Å². The molecule has 0 aromatic rings. The highest BCUT2D eigenvalue weighted by molar-refractivity contribution is 7.47. The van der Waals surface area contributed by atoms with Gasteiger partial charge in [-0.05, 0) is 117 Å². The summed E-state index contributed by atoms with van der Waals surface area (Å²) in [4.78, 5) is 103. The quantitative estimate of drug-likeness (QED) is 0.0121. The van der Waals surface area contributed by atoms with Crippen molar-refractivity contribution in [1.82, 2.24) is 21.3 Å². The van der Waals surface area contributed by atoms with Gasteiger partial charge in [-0.1, -0.05) is 258 Å². The predicted molar refractivity (Wildman–Crippen MR) is 454 cm³/mol. The van der Waals surface area contributed by atoms with Crippen molar-refractivity contribution in [3.8, 4) is 0 Å². The molecule has 1 aliphatic heterocycles. The fourth-order valence-electron chi connectivity index (χ4n) is 13.3. The van der Waals surface area contributed by atoms with E-state index in [1.54, 1.807) is 0 Å². The van der Waals surface area contributed by atoms with Crippen molar-refractivity contribution in [2.75, 3.05) is 65.9 Å². The van der Waals surface area contributed by atoms with E-state index in [1.165, 1.54) is 78.1 Å². The lowest BCUT2D eigenvalue weighted by atomic mass is 10.0. The van der Waals surface area contributed by atoms with Gasteiger partial charge in [-0.3, -0.25) is 46.9 Å². The molecule has 0 spiro atoms. The summed E-state index contributed by atoms with van der Waals surface area (Å²) in [7, 11) is -9.76. The smallest absolute Gasteiger partial charge is 0.462 e. The zero-order chi connectivity index (χ0) is 84.7. The van der Waals surface area contributed by atoms with Crippen LogP contribution in [0.3, 0.4) is 0 Å². The lowest BCUT2D eigenvalue weighted by molar-refractivity contribution is -0.159. The Morgan fingerprint density at radius 2 is 0.678 bits per heavy atom. The number of hydrogen-bond acceptors (Lipinski definition) is 20. The third-order valence-corrected chi connectivity index (χ3v) is 22.1. The average Bonchev–Trinajstić information content (AvgIpc) is 1.66. The van der Waals surface area contributed by atoms with Gasteiger partial charge in [-0.2, -0.15) is 0 Å². The minimum absolute atomic E-state index is 0.132. The Morgan fingerprint density at radius 1 is 0.383 bits per heavy atom. The van der Waals surface area contributed by atoms with E-state index in [4.69, 9.17) is 46.5 Å². The molecule has 1 rings (SSSR count). The number of phosphoric acid groups is 2. The standard InChI is InChI=1S/C87H164N4O22P2/c1-9-15-21-27-31-35-37-43-49-55-77(110-81(96)57-51-45-39-33-29-23-17-11-3)67-79(94)90-73(69-104-63-59-75(92)53-47-41-25-19-13-5)71-108-114(100,101)106-65-61-88-85(98)83-84(113-87(7,8)112-83)86(99)89-62-66-107-115(102,103)109-72-74(70-105-64-60-76(93)54-48-42-26-20-14-6)91-80(95)68-78(56-50-44-38-36-32-28-22-16-10-2)111-82(97)58-52-46-40-34-30-24-18-12-4/h33-34,39-40,73-78,83-84,92-93H,9-32,35-38,41-72H2,1-8H3,(H,88,98)(H,89,99)(H,90,94)(H,91,95)(H,100,101)(H,102,103)/b39-33-,40-34-. The highest BCUT2D eigenvalue weighted by Gasteiger charge is 2.49. The molecule has 0 aromatic carbocycles. The molecule has 8 N–H and O–H groups in total.